The molecule has 24 heavy (non-hydrogen) atoms. The molecule has 1 N–H and O–H groups in total. The molecule has 7 heteroatoms. The molecular weight excluding hydrogens is 328 g/mol. The van der Waals surface area contributed by atoms with Crippen LogP contribution >= 0.6 is 11.6 Å². The molecule has 1 fully saturated rings. The minimum absolute atomic E-state index is 0.199. The van der Waals surface area contributed by atoms with Crippen molar-refractivity contribution in [3.05, 3.63) is 40.7 Å². The van der Waals surface area contributed by atoms with Crippen molar-refractivity contribution in [1.82, 2.24) is 19.9 Å². The van der Waals surface area contributed by atoms with Gasteiger partial charge in [-0.15, -0.1) is 5.10 Å². The Morgan fingerprint density at radius 2 is 2.08 bits per heavy atom. The summed E-state index contributed by atoms with van der Waals surface area (Å²) in [5, 5.41) is 19.0. The monoisotopic (exact) mass is 348 g/mol. The van der Waals surface area contributed by atoms with Crippen LogP contribution in [0.5, 0.6) is 0 Å². The zero-order valence-electron chi connectivity index (χ0n) is 14.0. The van der Waals surface area contributed by atoms with Crippen LogP contribution in [0.2, 0.25) is 5.02 Å². The van der Waals surface area contributed by atoms with Gasteiger partial charge in [-0.05, 0) is 45.7 Å². The highest BCUT2D eigenvalue weighted by atomic mass is 35.5. The van der Waals surface area contributed by atoms with Crippen LogP contribution in [0.25, 0.3) is 5.69 Å². The second-order valence-electron chi connectivity index (χ2n) is 6.70. The van der Waals surface area contributed by atoms with E-state index in [0.29, 0.717) is 28.6 Å². The average Bonchev–Trinajstić information content (AvgIpc) is 3.14. The van der Waals surface area contributed by atoms with Crippen molar-refractivity contribution in [1.29, 1.82) is 0 Å². The Bertz CT molecular complexity index is 766. The predicted molar refractivity (Wildman–Crippen MR) is 91.5 cm³/mol. The standard InChI is InChI=1S/C17H21ClN4O2/c1-11-15(16(23)21-10-6-9-14(21)17(2,3)24)19-20-22(11)13-8-5-4-7-12(13)18/h4-5,7-8,14,24H,6,9-10H2,1-3H3. The predicted octanol–water partition coefficient (Wildman–Crippen LogP) is 2.60. The van der Waals surface area contributed by atoms with Crippen LogP contribution in [0.3, 0.4) is 0 Å². The number of likely N-dealkylation sites (tertiary alicyclic amines) is 1. The van der Waals surface area contributed by atoms with Crippen LogP contribution in [-0.2, 0) is 0 Å². The number of carbonyl (C=O) groups excluding carboxylic acids is 1. The highest BCUT2D eigenvalue weighted by Crippen LogP contribution is 2.29. The van der Waals surface area contributed by atoms with E-state index in [1.54, 1.807) is 36.4 Å². The summed E-state index contributed by atoms with van der Waals surface area (Å²) >= 11 is 6.21. The molecule has 1 aromatic carbocycles. The highest BCUT2D eigenvalue weighted by Gasteiger charge is 2.40. The summed E-state index contributed by atoms with van der Waals surface area (Å²) in [6.07, 6.45) is 1.66. The Hall–Kier alpha value is -1.92. The minimum Gasteiger partial charge on any atom is -0.388 e. The zero-order valence-corrected chi connectivity index (χ0v) is 14.8. The van der Waals surface area contributed by atoms with Gasteiger partial charge in [-0.3, -0.25) is 4.79 Å². The van der Waals surface area contributed by atoms with E-state index in [0.717, 1.165) is 12.8 Å². The molecule has 1 aromatic heterocycles. The number of para-hydroxylation sites is 1. The summed E-state index contributed by atoms with van der Waals surface area (Å²) < 4.78 is 1.57. The second kappa shape index (κ2) is 6.18. The molecule has 128 valence electrons. The fourth-order valence-electron chi connectivity index (χ4n) is 3.26. The Morgan fingerprint density at radius 1 is 1.38 bits per heavy atom. The smallest absolute Gasteiger partial charge is 0.276 e. The van der Waals surface area contributed by atoms with Gasteiger partial charge in [0.15, 0.2) is 5.69 Å². The van der Waals surface area contributed by atoms with Crippen LogP contribution < -0.4 is 0 Å². The molecule has 0 radical (unpaired) electrons. The van der Waals surface area contributed by atoms with E-state index in [4.69, 9.17) is 11.6 Å². The van der Waals surface area contributed by atoms with Crippen molar-refractivity contribution in [3.8, 4) is 5.69 Å². The van der Waals surface area contributed by atoms with Crippen molar-refractivity contribution in [2.45, 2.75) is 45.3 Å². The van der Waals surface area contributed by atoms with E-state index in [-0.39, 0.29) is 11.9 Å². The van der Waals surface area contributed by atoms with Crippen molar-refractivity contribution in [2.24, 2.45) is 0 Å². The van der Waals surface area contributed by atoms with Crippen LogP contribution in [0.4, 0.5) is 0 Å². The van der Waals surface area contributed by atoms with Gasteiger partial charge < -0.3 is 10.0 Å². The molecule has 0 saturated carbocycles. The maximum atomic E-state index is 12.9. The lowest BCUT2D eigenvalue weighted by atomic mass is 9.96. The molecule has 2 heterocycles. The quantitative estimate of drug-likeness (QED) is 0.925. The average molecular weight is 349 g/mol. The number of aromatic nitrogens is 3. The van der Waals surface area contributed by atoms with E-state index >= 15 is 0 Å². The molecule has 3 rings (SSSR count). The first kappa shape index (κ1) is 16.9. The van der Waals surface area contributed by atoms with Gasteiger partial charge in [0.2, 0.25) is 0 Å². The number of hydrogen-bond donors (Lipinski definition) is 1. The molecule has 2 aromatic rings. The molecule has 0 spiro atoms. The lowest BCUT2D eigenvalue weighted by molar-refractivity contribution is 0.0000797. The van der Waals surface area contributed by atoms with Gasteiger partial charge in [-0.1, -0.05) is 28.9 Å². The molecule has 0 bridgehead atoms. The summed E-state index contributed by atoms with van der Waals surface area (Å²) in [5.41, 5.74) is 0.669. The van der Waals surface area contributed by atoms with Crippen LogP contribution in [0.15, 0.2) is 24.3 Å². The SMILES string of the molecule is Cc1c(C(=O)N2CCCC2C(C)(C)O)nnn1-c1ccccc1Cl. The molecule has 1 aliphatic heterocycles. The highest BCUT2D eigenvalue weighted by molar-refractivity contribution is 6.32. The molecule has 1 saturated heterocycles. The third kappa shape index (κ3) is 2.91. The summed E-state index contributed by atoms with van der Waals surface area (Å²) in [5.74, 6) is -0.199. The molecule has 6 nitrogen and oxygen atoms in total. The van der Waals surface area contributed by atoms with Gasteiger partial charge in [0.1, 0.15) is 0 Å². The summed E-state index contributed by atoms with van der Waals surface area (Å²) in [6, 6.07) is 7.07. The maximum Gasteiger partial charge on any atom is 0.276 e. The Labute approximate surface area is 146 Å². The second-order valence-corrected chi connectivity index (χ2v) is 7.10. The number of nitrogens with zero attached hydrogens (tertiary/aromatic N) is 4. The van der Waals surface area contributed by atoms with Gasteiger partial charge in [-0.25, -0.2) is 4.68 Å². The van der Waals surface area contributed by atoms with E-state index < -0.39 is 5.60 Å². The summed E-state index contributed by atoms with van der Waals surface area (Å²) in [7, 11) is 0. The number of benzene rings is 1. The first-order valence-corrected chi connectivity index (χ1v) is 8.39. The third-order valence-electron chi connectivity index (χ3n) is 4.51. The molecule has 1 atom stereocenters. The molecule has 1 aliphatic rings. The number of halogens is 1. The van der Waals surface area contributed by atoms with Crippen LogP contribution in [-0.4, -0.2) is 49.1 Å². The van der Waals surface area contributed by atoms with Gasteiger partial charge >= 0.3 is 0 Å². The summed E-state index contributed by atoms with van der Waals surface area (Å²) in [6.45, 7) is 5.88. The van der Waals surface area contributed by atoms with E-state index in [1.165, 1.54) is 0 Å². The molecule has 1 unspecified atom stereocenters. The minimum atomic E-state index is -0.946. The fourth-order valence-corrected chi connectivity index (χ4v) is 3.48. The van der Waals surface area contributed by atoms with Crippen molar-refractivity contribution in [2.75, 3.05) is 6.54 Å². The number of aliphatic hydroxyl groups is 1. The van der Waals surface area contributed by atoms with Crippen molar-refractivity contribution in [3.63, 3.8) is 0 Å². The molecule has 1 amide bonds. The maximum absolute atomic E-state index is 12.9. The first-order valence-electron chi connectivity index (χ1n) is 8.01. The number of carbonyl (C=O) groups is 1. The van der Waals surface area contributed by atoms with E-state index in [9.17, 15) is 9.90 Å². The van der Waals surface area contributed by atoms with Gasteiger partial charge in [0, 0.05) is 6.54 Å². The number of rotatable bonds is 3. The topological polar surface area (TPSA) is 71.2 Å². The van der Waals surface area contributed by atoms with Gasteiger partial charge in [0.05, 0.1) is 28.0 Å². The third-order valence-corrected chi connectivity index (χ3v) is 4.83. The van der Waals surface area contributed by atoms with Gasteiger partial charge in [-0.2, -0.15) is 0 Å². The Balaban J connectivity index is 1.94. The van der Waals surface area contributed by atoms with Crippen LogP contribution in [0, 0.1) is 6.92 Å². The number of hydrogen-bond acceptors (Lipinski definition) is 4. The van der Waals surface area contributed by atoms with E-state index in [2.05, 4.69) is 10.3 Å². The van der Waals surface area contributed by atoms with Crippen molar-refractivity contribution < 1.29 is 9.90 Å². The lowest BCUT2D eigenvalue weighted by Gasteiger charge is -2.33. The first-order chi connectivity index (χ1) is 11.3. The lowest BCUT2D eigenvalue weighted by Crippen LogP contribution is -2.48. The zero-order chi connectivity index (χ0) is 17.5. The van der Waals surface area contributed by atoms with Crippen molar-refractivity contribution >= 4 is 17.5 Å². The van der Waals surface area contributed by atoms with Crippen LogP contribution in [0.1, 0.15) is 42.9 Å². The number of amides is 1. The van der Waals surface area contributed by atoms with Gasteiger partial charge in [0.25, 0.3) is 5.91 Å². The fraction of sp³-hybridized carbons (Fsp3) is 0.471. The molecule has 0 aliphatic carbocycles. The summed E-state index contributed by atoms with van der Waals surface area (Å²) in [4.78, 5) is 14.6. The van der Waals surface area contributed by atoms with E-state index in [1.807, 2.05) is 18.2 Å². The Kier molecular flexibility index (Phi) is 4.36. The molecular formula is C17H21ClN4O2. The normalized spacial score (nSPS) is 18.2. The Morgan fingerprint density at radius 3 is 2.75 bits per heavy atom. The largest absolute Gasteiger partial charge is 0.388 e.